The Morgan fingerprint density at radius 3 is 2.48 bits per heavy atom. The number of hydrogen-bond donors (Lipinski definition) is 1. The maximum absolute atomic E-state index is 11.6. The molecule has 1 unspecified atom stereocenters. The van der Waals surface area contributed by atoms with Crippen molar-refractivity contribution in [2.45, 2.75) is 25.0 Å². The van der Waals surface area contributed by atoms with E-state index in [0.29, 0.717) is 6.54 Å². The summed E-state index contributed by atoms with van der Waals surface area (Å²) in [6, 6.07) is 16.1. The predicted octanol–water partition coefficient (Wildman–Crippen LogP) is 3.72. The highest BCUT2D eigenvalue weighted by atomic mass is 79.9. The number of amidine groups is 1. The molecule has 0 amide bonds. The molecule has 4 nitrogen and oxygen atoms in total. The van der Waals surface area contributed by atoms with Crippen LogP contribution in [-0.2, 0) is 5.72 Å². The van der Waals surface area contributed by atoms with E-state index >= 15 is 0 Å². The number of ether oxygens (including phenoxy) is 1. The first-order valence-electron chi connectivity index (χ1n) is 8.65. The van der Waals surface area contributed by atoms with Gasteiger partial charge in [-0.25, -0.2) is 9.48 Å². The molecule has 0 spiro atoms. The zero-order valence-electron chi connectivity index (χ0n) is 14.3. The third kappa shape index (κ3) is 2.85. The van der Waals surface area contributed by atoms with Crippen LogP contribution in [0.15, 0.2) is 53.0 Å². The summed E-state index contributed by atoms with van der Waals surface area (Å²) in [5.41, 5.74) is 1.02. The fourth-order valence-electron chi connectivity index (χ4n) is 3.86. The van der Waals surface area contributed by atoms with Gasteiger partial charge >= 0.3 is 0 Å². The molecule has 2 aromatic rings. The molecule has 2 aromatic carbocycles. The van der Waals surface area contributed by atoms with Gasteiger partial charge in [-0.3, -0.25) is 0 Å². The van der Waals surface area contributed by atoms with E-state index in [-0.39, 0.29) is 0 Å². The van der Waals surface area contributed by atoms with Gasteiger partial charge in [0.25, 0.3) is 11.6 Å². The van der Waals surface area contributed by atoms with E-state index in [9.17, 15) is 5.11 Å². The minimum atomic E-state index is -1.00. The van der Waals surface area contributed by atoms with Gasteiger partial charge in [0.15, 0.2) is 6.54 Å². The maximum Gasteiger partial charge on any atom is 0.271 e. The van der Waals surface area contributed by atoms with Crippen molar-refractivity contribution in [3.8, 4) is 5.75 Å². The number of nitrogens with zero attached hydrogens (tertiary/aromatic N) is 2. The first kappa shape index (κ1) is 16.6. The Labute approximate surface area is 156 Å². The molecule has 0 fully saturated rings. The molecular formula is C20H22BrN2O2+. The average Bonchev–Trinajstić information content (AvgIpc) is 2.97. The van der Waals surface area contributed by atoms with Crippen molar-refractivity contribution in [1.82, 2.24) is 0 Å². The normalized spacial score (nSPS) is 22.9. The Hall–Kier alpha value is -1.85. The molecule has 1 N–H and O–H groups in total. The lowest BCUT2D eigenvalue weighted by molar-refractivity contribution is -0.661. The predicted molar refractivity (Wildman–Crippen MR) is 102 cm³/mol. The number of hydrogen-bond acceptors (Lipinski definition) is 3. The molecule has 4 rings (SSSR count). The summed E-state index contributed by atoms with van der Waals surface area (Å²) in [5.74, 6) is 2.02. The Kier molecular flexibility index (Phi) is 4.29. The lowest BCUT2D eigenvalue weighted by Gasteiger charge is -2.24. The van der Waals surface area contributed by atoms with Gasteiger partial charge in [-0.2, -0.15) is 0 Å². The van der Waals surface area contributed by atoms with E-state index in [1.807, 2.05) is 36.4 Å². The van der Waals surface area contributed by atoms with Gasteiger partial charge in [0.2, 0.25) is 0 Å². The van der Waals surface area contributed by atoms with E-state index in [2.05, 4.69) is 37.5 Å². The monoisotopic (exact) mass is 401 g/mol. The number of anilines is 1. The van der Waals surface area contributed by atoms with Crippen LogP contribution >= 0.6 is 15.9 Å². The minimum absolute atomic E-state index is 0.538. The van der Waals surface area contributed by atoms with Gasteiger partial charge in [0, 0.05) is 16.5 Å². The third-order valence-electron chi connectivity index (χ3n) is 5.17. The molecule has 0 saturated carbocycles. The fraction of sp³-hybridized carbons (Fsp3) is 0.350. The van der Waals surface area contributed by atoms with Gasteiger partial charge in [0.05, 0.1) is 13.7 Å². The highest BCUT2D eigenvalue weighted by Gasteiger charge is 2.52. The van der Waals surface area contributed by atoms with Gasteiger partial charge in [-0.1, -0.05) is 15.9 Å². The van der Waals surface area contributed by atoms with Crippen LogP contribution in [0.3, 0.4) is 0 Å². The molecule has 25 heavy (non-hydrogen) atoms. The second-order valence-corrected chi connectivity index (χ2v) is 7.55. The van der Waals surface area contributed by atoms with Crippen LogP contribution in [0, 0.1) is 0 Å². The van der Waals surface area contributed by atoms with Gasteiger partial charge in [-0.05, 0) is 61.4 Å². The molecule has 130 valence electrons. The van der Waals surface area contributed by atoms with Crippen molar-refractivity contribution >= 4 is 27.5 Å². The summed E-state index contributed by atoms with van der Waals surface area (Å²) >= 11 is 3.50. The van der Waals surface area contributed by atoms with Crippen LogP contribution in [0.2, 0.25) is 0 Å². The highest BCUT2D eigenvalue weighted by molar-refractivity contribution is 9.10. The van der Waals surface area contributed by atoms with E-state index in [0.717, 1.165) is 47.3 Å². The van der Waals surface area contributed by atoms with Crippen LogP contribution in [-0.4, -0.2) is 35.7 Å². The largest absolute Gasteiger partial charge is 0.497 e. The standard InChI is InChI=1S/C20H22BrN2O2/c1-25-18-11-5-15(6-12-18)20(24)14-22(17-9-7-16(21)8-10-17)19-4-2-3-13-23(19)20/h5-12,24H,2-4,13-14H2,1H3/q+1. The van der Waals surface area contributed by atoms with Gasteiger partial charge in [0.1, 0.15) is 11.4 Å². The number of aliphatic hydroxyl groups is 1. The van der Waals surface area contributed by atoms with Gasteiger partial charge < -0.3 is 9.84 Å². The Bertz CT molecular complexity index is 801. The third-order valence-corrected chi connectivity index (χ3v) is 5.70. The van der Waals surface area contributed by atoms with Crippen molar-refractivity contribution in [3.05, 3.63) is 58.6 Å². The van der Waals surface area contributed by atoms with Crippen LogP contribution in [0.25, 0.3) is 0 Å². The summed E-state index contributed by atoms with van der Waals surface area (Å²) in [4.78, 5) is 2.26. The van der Waals surface area contributed by atoms with Crippen LogP contribution in [0.1, 0.15) is 24.8 Å². The first-order chi connectivity index (χ1) is 12.1. The second-order valence-electron chi connectivity index (χ2n) is 6.63. The molecule has 1 atom stereocenters. The topological polar surface area (TPSA) is 35.7 Å². The van der Waals surface area contributed by atoms with Crippen molar-refractivity contribution in [2.24, 2.45) is 0 Å². The number of rotatable bonds is 3. The average molecular weight is 402 g/mol. The maximum atomic E-state index is 11.6. The smallest absolute Gasteiger partial charge is 0.271 e. The van der Waals surface area contributed by atoms with Crippen LogP contribution < -0.4 is 9.64 Å². The van der Waals surface area contributed by atoms with Gasteiger partial charge in [-0.15, -0.1) is 0 Å². The summed E-state index contributed by atoms with van der Waals surface area (Å²) in [5, 5.41) is 11.6. The number of halogens is 1. The molecule has 5 heteroatoms. The Morgan fingerprint density at radius 2 is 1.80 bits per heavy atom. The van der Waals surface area contributed by atoms with E-state index in [1.54, 1.807) is 7.11 Å². The summed E-state index contributed by atoms with van der Waals surface area (Å²) in [6.45, 7) is 1.42. The van der Waals surface area contributed by atoms with Crippen molar-refractivity contribution in [3.63, 3.8) is 0 Å². The van der Waals surface area contributed by atoms with E-state index < -0.39 is 5.72 Å². The molecule has 2 aliphatic heterocycles. The molecule has 0 radical (unpaired) electrons. The molecule has 0 aliphatic carbocycles. The molecule has 2 heterocycles. The summed E-state index contributed by atoms with van der Waals surface area (Å²) in [7, 11) is 1.66. The van der Waals surface area contributed by atoms with Crippen molar-refractivity contribution in [1.29, 1.82) is 0 Å². The van der Waals surface area contributed by atoms with E-state index in [4.69, 9.17) is 4.74 Å². The lowest BCUT2D eigenvalue weighted by atomic mass is 10.0. The summed E-state index contributed by atoms with van der Waals surface area (Å²) < 4.78 is 8.50. The van der Waals surface area contributed by atoms with Crippen LogP contribution in [0.5, 0.6) is 5.75 Å². The molecule has 0 bridgehead atoms. The number of β-amino-alcohol motifs (C(OH)–C–C–N with tert-alkyl or cyclic N) is 1. The zero-order valence-corrected chi connectivity index (χ0v) is 15.9. The van der Waals surface area contributed by atoms with Crippen molar-refractivity contribution < 1.29 is 14.4 Å². The number of benzene rings is 2. The molecular weight excluding hydrogens is 380 g/mol. The summed E-state index contributed by atoms with van der Waals surface area (Å²) in [6.07, 6.45) is 3.27. The second kappa shape index (κ2) is 6.46. The first-order valence-corrected chi connectivity index (χ1v) is 9.44. The minimum Gasteiger partial charge on any atom is -0.497 e. The quantitative estimate of drug-likeness (QED) is 0.796. The Morgan fingerprint density at radius 1 is 1.08 bits per heavy atom. The Balaban J connectivity index is 1.76. The number of methoxy groups -OCH3 is 1. The van der Waals surface area contributed by atoms with Crippen LogP contribution in [0.4, 0.5) is 5.69 Å². The molecule has 0 aromatic heterocycles. The fourth-order valence-corrected chi connectivity index (χ4v) is 4.12. The zero-order chi connectivity index (χ0) is 17.4. The lowest BCUT2D eigenvalue weighted by Crippen LogP contribution is -2.41. The highest BCUT2D eigenvalue weighted by Crippen LogP contribution is 2.36. The molecule has 0 saturated heterocycles. The van der Waals surface area contributed by atoms with E-state index in [1.165, 1.54) is 5.84 Å². The van der Waals surface area contributed by atoms with Crippen molar-refractivity contribution in [2.75, 3.05) is 25.1 Å². The molecule has 2 aliphatic rings. The SMILES string of the molecule is COc1ccc(C2(O)CN(c3ccc(Br)cc3)C3=[N+]2CCCC3)cc1.